The van der Waals surface area contributed by atoms with Crippen LogP contribution < -0.4 is 0 Å². The maximum absolute atomic E-state index is 9.98. The van der Waals surface area contributed by atoms with Crippen LogP contribution in [0.3, 0.4) is 0 Å². The highest BCUT2D eigenvalue weighted by molar-refractivity contribution is 4.93. The van der Waals surface area contributed by atoms with E-state index in [-0.39, 0.29) is 6.42 Å². The van der Waals surface area contributed by atoms with Crippen LogP contribution in [-0.2, 0) is 14.2 Å². The molecule has 10 nitrogen and oxygen atoms in total. The Bertz CT molecular complexity index is 366. The van der Waals surface area contributed by atoms with Crippen molar-refractivity contribution < 1.29 is 50.0 Å². The molecule has 0 spiro atoms. The van der Waals surface area contributed by atoms with Crippen molar-refractivity contribution in [2.24, 2.45) is 0 Å². The molecule has 2 saturated heterocycles. The maximum Gasteiger partial charge on any atom is 0.221 e. The second-order valence-corrected chi connectivity index (χ2v) is 5.46. The normalized spacial score (nSPS) is 49.5. The average Bonchev–Trinajstić information content (AvgIpc) is 2.84. The third kappa shape index (κ3) is 3.12. The molecular formula is C12H22O10. The molecule has 2 rings (SSSR count). The van der Waals surface area contributed by atoms with Gasteiger partial charge in [-0.05, 0) is 0 Å². The Morgan fingerprint density at radius 1 is 0.955 bits per heavy atom. The topological polar surface area (TPSA) is 169 Å². The van der Waals surface area contributed by atoms with Crippen molar-refractivity contribution in [2.75, 3.05) is 19.8 Å². The van der Waals surface area contributed by atoms with E-state index in [4.69, 9.17) is 24.4 Å². The van der Waals surface area contributed by atoms with Crippen LogP contribution in [0.2, 0.25) is 0 Å². The van der Waals surface area contributed by atoms with Gasteiger partial charge in [0.2, 0.25) is 5.79 Å². The first-order valence-electron chi connectivity index (χ1n) is 6.94. The van der Waals surface area contributed by atoms with Gasteiger partial charge in [0, 0.05) is 6.42 Å². The van der Waals surface area contributed by atoms with Gasteiger partial charge in [-0.2, -0.15) is 0 Å². The quantitative estimate of drug-likeness (QED) is 0.262. The Balaban J connectivity index is 2.13. The molecule has 0 aliphatic carbocycles. The molecule has 0 aromatic heterocycles. The van der Waals surface area contributed by atoms with Crippen molar-refractivity contribution in [1.29, 1.82) is 0 Å². The summed E-state index contributed by atoms with van der Waals surface area (Å²) in [5, 5.41) is 66.9. The molecule has 2 aliphatic heterocycles. The van der Waals surface area contributed by atoms with Crippen LogP contribution in [0.1, 0.15) is 6.42 Å². The largest absolute Gasteiger partial charge is 0.394 e. The zero-order valence-corrected chi connectivity index (χ0v) is 11.7. The number of aliphatic hydroxyl groups excluding tert-OH is 7. The fourth-order valence-corrected chi connectivity index (χ4v) is 2.60. The summed E-state index contributed by atoms with van der Waals surface area (Å²) in [7, 11) is 0. The Morgan fingerprint density at radius 2 is 1.64 bits per heavy atom. The summed E-state index contributed by atoms with van der Waals surface area (Å²) in [6.07, 6.45) is -9.72. The van der Waals surface area contributed by atoms with E-state index in [0.29, 0.717) is 0 Å². The molecule has 10 heteroatoms. The first-order chi connectivity index (χ1) is 10.4. The SMILES string of the molecule is OCC1OC(O[C@]2(CO)O[C@H](CO)CC2O)C(O)C(O)C1O. The van der Waals surface area contributed by atoms with Crippen LogP contribution in [0.4, 0.5) is 0 Å². The Labute approximate surface area is 126 Å². The van der Waals surface area contributed by atoms with E-state index >= 15 is 0 Å². The van der Waals surface area contributed by atoms with Crippen molar-refractivity contribution in [3.63, 3.8) is 0 Å². The molecule has 0 bridgehead atoms. The zero-order chi connectivity index (χ0) is 16.5. The van der Waals surface area contributed by atoms with Crippen molar-refractivity contribution in [1.82, 2.24) is 0 Å². The van der Waals surface area contributed by atoms with Gasteiger partial charge in [-0.3, -0.25) is 0 Å². The molecule has 2 heterocycles. The van der Waals surface area contributed by atoms with Crippen LogP contribution in [0.15, 0.2) is 0 Å². The summed E-state index contributed by atoms with van der Waals surface area (Å²) in [5.74, 6) is -1.94. The van der Waals surface area contributed by atoms with Gasteiger partial charge in [0.05, 0.1) is 19.3 Å². The number of aliphatic hydroxyl groups is 7. The molecular weight excluding hydrogens is 304 g/mol. The van der Waals surface area contributed by atoms with Crippen LogP contribution in [0.5, 0.6) is 0 Å². The predicted molar refractivity (Wildman–Crippen MR) is 67.3 cm³/mol. The van der Waals surface area contributed by atoms with Gasteiger partial charge in [-0.15, -0.1) is 0 Å². The minimum atomic E-state index is -1.94. The van der Waals surface area contributed by atoms with Crippen molar-refractivity contribution >= 4 is 0 Å². The molecule has 0 radical (unpaired) electrons. The van der Waals surface area contributed by atoms with Crippen molar-refractivity contribution in [3.05, 3.63) is 0 Å². The van der Waals surface area contributed by atoms with E-state index in [0.717, 1.165) is 0 Å². The van der Waals surface area contributed by atoms with E-state index < -0.39 is 68.5 Å². The lowest BCUT2D eigenvalue weighted by Crippen LogP contribution is -2.62. The number of hydrogen-bond donors (Lipinski definition) is 7. The Hall–Kier alpha value is -0.400. The summed E-state index contributed by atoms with van der Waals surface area (Å²) in [5.41, 5.74) is 0. The van der Waals surface area contributed by atoms with E-state index in [2.05, 4.69) is 0 Å². The minimum Gasteiger partial charge on any atom is -0.394 e. The molecule has 0 aromatic carbocycles. The van der Waals surface area contributed by atoms with Gasteiger partial charge in [0.1, 0.15) is 37.1 Å². The van der Waals surface area contributed by atoms with Gasteiger partial charge in [0.15, 0.2) is 6.29 Å². The fraction of sp³-hybridized carbons (Fsp3) is 1.00. The number of rotatable bonds is 5. The Kier molecular flexibility index (Phi) is 5.72. The fourth-order valence-electron chi connectivity index (χ4n) is 2.60. The molecule has 8 atom stereocenters. The highest BCUT2D eigenvalue weighted by Gasteiger charge is 2.54. The maximum atomic E-state index is 9.98. The van der Waals surface area contributed by atoms with E-state index in [1.54, 1.807) is 0 Å². The molecule has 6 unspecified atom stereocenters. The minimum absolute atomic E-state index is 0.00547. The summed E-state index contributed by atoms with van der Waals surface area (Å²) >= 11 is 0. The van der Waals surface area contributed by atoms with Crippen LogP contribution >= 0.6 is 0 Å². The van der Waals surface area contributed by atoms with E-state index in [1.807, 2.05) is 0 Å². The van der Waals surface area contributed by atoms with Gasteiger partial charge in [0.25, 0.3) is 0 Å². The number of hydrogen-bond acceptors (Lipinski definition) is 10. The molecule has 0 amide bonds. The van der Waals surface area contributed by atoms with Gasteiger partial charge in [-0.1, -0.05) is 0 Å². The lowest BCUT2D eigenvalue weighted by Gasteiger charge is -2.43. The van der Waals surface area contributed by atoms with Gasteiger partial charge in [-0.25, -0.2) is 0 Å². The molecule has 0 saturated carbocycles. The first kappa shape index (κ1) is 17.9. The molecule has 0 aromatic rings. The molecule has 2 fully saturated rings. The second kappa shape index (κ2) is 7.01. The lowest BCUT2D eigenvalue weighted by molar-refractivity contribution is -0.383. The number of ether oxygens (including phenoxy) is 3. The Morgan fingerprint density at radius 3 is 2.14 bits per heavy atom. The third-order valence-electron chi connectivity index (χ3n) is 3.95. The van der Waals surface area contributed by atoms with Crippen LogP contribution in [0, 0.1) is 0 Å². The second-order valence-electron chi connectivity index (χ2n) is 5.46. The molecule has 130 valence electrons. The monoisotopic (exact) mass is 326 g/mol. The molecule has 22 heavy (non-hydrogen) atoms. The summed E-state index contributed by atoms with van der Waals surface area (Å²) < 4.78 is 15.7. The van der Waals surface area contributed by atoms with E-state index in [9.17, 15) is 25.5 Å². The van der Waals surface area contributed by atoms with Crippen LogP contribution in [-0.4, -0.2) is 104 Å². The summed E-state index contributed by atoms with van der Waals surface area (Å²) in [4.78, 5) is 0. The summed E-state index contributed by atoms with van der Waals surface area (Å²) in [6.45, 7) is -1.84. The van der Waals surface area contributed by atoms with Gasteiger partial charge >= 0.3 is 0 Å². The highest BCUT2D eigenvalue weighted by atomic mass is 16.8. The van der Waals surface area contributed by atoms with Crippen molar-refractivity contribution in [2.45, 2.75) is 55.1 Å². The van der Waals surface area contributed by atoms with Gasteiger partial charge < -0.3 is 50.0 Å². The van der Waals surface area contributed by atoms with Crippen LogP contribution in [0.25, 0.3) is 0 Å². The van der Waals surface area contributed by atoms with Crippen molar-refractivity contribution in [3.8, 4) is 0 Å². The zero-order valence-electron chi connectivity index (χ0n) is 11.7. The highest BCUT2D eigenvalue weighted by Crippen LogP contribution is 2.35. The smallest absolute Gasteiger partial charge is 0.221 e. The third-order valence-corrected chi connectivity index (χ3v) is 3.95. The molecule has 7 N–H and O–H groups in total. The van der Waals surface area contributed by atoms with E-state index in [1.165, 1.54) is 0 Å². The summed E-state index contributed by atoms with van der Waals surface area (Å²) in [6, 6.07) is 0. The predicted octanol–water partition coefficient (Wildman–Crippen LogP) is -4.37. The first-order valence-corrected chi connectivity index (χ1v) is 6.94. The average molecular weight is 326 g/mol. The standard InChI is InChI=1S/C12H22O10/c13-2-5-1-7(16)12(4-15,21-5)22-11-10(19)9(18)8(17)6(3-14)20-11/h5-11,13-19H,1-4H2/t5-,6?,7?,8?,9?,10?,11?,12-/m0/s1. The molecule has 2 aliphatic rings. The lowest BCUT2D eigenvalue weighted by atomic mass is 9.99.